The van der Waals surface area contributed by atoms with Crippen molar-refractivity contribution in [3.05, 3.63) is 29.8 Å². The van der Waals surface area contributed by atoms with Gasteiger partial charge in [0.2, 0.25) is 17.7 Å². The molecule has 7 unspecified atom stereocenters. The summed E-state index contributed by atoms with van der Waals surface area (Å²) in [5.41, 5.74) is 6.56. The number of carboxylic acid groups (broad SMARTS) is 1. The molecule has 1 aromatic rings. The number of hydrogen-bond donors (Lipinski definition) is 8. The van der Waals surface area contributed by atoms with Gasteiger partial charge in [-0.15, -0.1) is 0 Å². The van der Waals surface area contributed by atoms with Crippen molar-refractivity contribution in [3.63, 3.8) is 0 Å². The maximum Gasteiger partial charge on any atom is 0.328 e. The summed E-state index contributed by atoms with van der Waals surface area (Å²) in [6.07, 6.45) is -2.27. The number of aliphatic carboxylic acids is 1. The second kappa shape index (κ2) is 13.6. The van der Waals surface area contributed by atoms with Gasteiger partial charge in [-0.05, 0) is 37.5 Å². The minimum atomic E-state index is -1.67. The zero-order valence-electron chi connectivity index (χ0n) is 20.3. The highest BCUT2D eigenvalue weighted by Crippen LogP contribution is 2.13. The number of benzene rings is 1. The third-order valence-electron chi connectivity index (χ3n) is 5.68. The molecular weight excluding hydrogens is 460 g/mol. The van der Waals surface area contributed by atoms with E-state index >= 15 is 0 Å². The lowest BCUT2D eigenvalue weighted by Gasteiger charge is -2.27. The molecule has 0 saturated carbocycles. The van der Waals surface area contributed by atoms with Crippen molar-refractivity contribution in [2.24, 2.45) is 11.7 Å². The number of carboxylic acids is 1. The lowest BCUT2D eigenvalue weighted by atomic mass is 9.98. The van der Waals surface area contributed by atoms with Gasteiger partial charge in [0.05, 0.1) is 18.2 Å². The van der Waals surface area contributed by atoms with Gasteiger partial charge >= 0.3 is 5.97 Å². The number of nitrogens with one attached hydrogen (secondary N) is 3. The zero-order valence-corrected chi connectivity index (χ0v) is 20.3. The maximum atomic E-state index is 13.1. The Morgan fingerprint density at radius 1 is 0.857 bits per heavy atom. The average Bonchev–Trinajstić information content (AvgIpc) is 2.79. The van der Waals surface area contributed by atoms with Crippen molar-refractivity contribution in [1.29, 1.82) is 0 Å². The Morgan fingerprint density at radius 2 is 1.37 bits per heavy atom. The lowest BCUT2D eigenvalue weighted by Crippen LogP contribution is -2.61. The summed E-state index contributed by atoms with van der Waals surface area (Å²) in [7, 11) is 0. The Balaban J connectivity index is 3.13. The van der Waals surface area contributed by atoms with Gasteiger partial charge in [0, 0.05) is 6.42 Å². The van der Waals surface area contributed by atoms with Crippen LogP contribution >= 0.6 is 0 Å². The summed E-state index contributed by atoms with van der Waals surface area (Å²) in [6, 6.07) is 0.574. The van der Waals surface area contributed by atoms with E-state index in [0.717, 1.165) is 0 Å². The Hall–Kier alpha value is -3.22. The maximum absolute atomic E-state index is 13.1. The van der Waals surface area contributed by atoms with Crippen molar-refractivity contribution < 1.29 is 39.6 Å². The second-order valence-corrected chi connectivity index (χ2v) is 8.64. The molecule has 1 aromatic carbocycles. The largest absolute Gasteiger partial charge is 0.508 e. The van der Waals surface area contributed by atoms with Gasteiger partial charge in [-0.25, -0.2) is 4.79 Å². The smallest absolute Gasteiger partial charge is 0.328 e. The van der Waals surface area contributed by atoms with Gasteiger partial charge < -0.3 is 42.1 Å². The Bertz CT molecular complexity index is 875. The number of aliphatic hydroxyl groups excluding tert-OH is 2. The first kappa shape index (κ1) is 29.8. The van der Waals surface area contributed by atoms with E-state index in [2.05, 4.69) is 16.0 Å². The van der Waals surface area contributed by atoms with Crippen molar-refractivity contribution >= 4 is 23.7 Å². The van der Waals surface area contributed by atoms with Gasteiger partial charge in [0.15, 0.2) is 6.04 Å². The van der Waals surface area contributed by atoms with Crippen LogP contribution in [0.4, 0.5) is 0 Å². The predicted octanol–water partition coefficient (Wildman–Crippen LogP) is -1.39. The normalized spacial score (nSPS) is 17.1. The number of aromatic hydroxyl groups is 1. The van der Waals surface area contributed by atoms with Crippen LogP contribution in [0.15, 0.2) is 24.3 Å². The Kier molecular flexibility index (Phi) is 11.6. The first-order valence-corrected chi connectivity index (χ1v) is 11.3. The summed E-state index contributed by atoms with van der Waals surface area (Å²) in [6.45, 7) is 6.03. The molecule has 0 radical (unpaired) electrons. The Morgan fingerprint density at radius 3 is 1.83 bits per heavy atom. The van der Waals surface area contributed by atoms with Crippen LogP contribution in [-0.4, -0.2) is 80.5 Å². The monoisotopic (exact) mass is 496 g/mol. The molecule has 12 heteroatoms. The van der Waals surface area contributed by atoms with E-state index in [0.29, 0.717) is 12.0 Å². The van der Waals surface area contributed by atoms with Crippen LogP contribution in [0, 0.1) is 5.92 Å². The number of carbonyl (C=O) groups is 4. The molecule has 1 rings (SSSR count). The zero-order chi connectivity index (χ0) is 26.9. The SMILES string of the molecule is CCC(C)C(N)C(=O)NC(Cc1ccc(O)cc1)C(=O)NC(C(=O)NC(C(=O)O)C(C)O)C(C)O. The molecule has 7 atom stereocenters. The van der Waals surface area contributed by atoms with Crippen LogP contribution in [0.5, 0.6) is 5.75 Å². The summed E-state index contributed by atoms with van der Waals surface area (Å²) in [5, 5.41) is 45.3. The number of hydrogen-bond acceptors (Lipinski definition) is 8. The van der Waals surface area contributed by atoms with E-state index in [4.69, 9.17) is 5.73 Å². The third-order valence-corrected chi connectivity index (χ3v) is 5.68. The van der Waals surface area contributed by atoms with Crippen molar-refractivity contribution in [2.45, 2.75) is 76.9 Å². The summed E-state index contributed by atoms with van der Waals surface area (Å²) in [4.78, 5) is 49.7. The van der Waals surface area contributed by atoms with Crippen LogP contribution in [0.3, 0.4) is 0 Å². The lowest BCUT2D eigenvalue weighted by molar-refractivity contribution is -0.146. The van der Waals surface area contributed by atoms with Crippen molar-refractivity contribution in [3.8, 4) is 5.75 Å². The molecule has 9 N–H and O–H groups in total. The van der Waals surface area contributed by atoms with Gasteiger partial charge in [0.25, 0.3) is 0 Å². The Labute approximate surface area is 203 Å². The number of phenols is 1. The molecular formula is C23H36N4O8. The van der Waals surface area contributed by atoms with Gasteiger partial charge in [-0.1, -0.05) is 32.4 Å². The van der Waals surface area contributed by atoms with Gasteiger partial charge in [0.1, 0.15) is 17.8 Å². The molecule has 0 aliphatic rings. The fourth-order valence-corrected chi connectivity index (χ4v) is 3.15. The van der Waals surface area contributed by atoms with Gasteiger partial charge in [-0.2, -0.15) is 0 Å². The number of phenolic OH excluding ortho intramolecular Hbond substituents is 1. The molecule has 3 amide bonds. The molecule has 0 spiro atoms. The standard InChI is InChI=1S/C23H36N4O8/c1-5-11(2)17(24)21(32)25-16(10-14-6-8-15(30)9-7-14)20(31)26-18(12(3)28)22(33)27-19(13(4)29)23(34)35/h6-9,11-13,16-19,28-30H,5,10,24H2,1-4H3,(H,25,32)(H,26,31)(H,27,33)(H,34,35). The second-order valence-electron chi connectivity index (χ2n) is 8.64. The first-order chi connectivity index (χ1) is 16.3. The highest BCUT2D eigenvalue weighted by atomic mass is 16.4. The van der Waals surface area contributed by atoms with E-state index in [1.807, 2.05) is 6.92 Å². The third kappa shape index (κ3) is 9.15. The van der Waals surface area contributed by atoms with E-state index in [9.17, 15) is 39.6 Å². The topological polar surface area (TPSA) is 211 Å². The molecule has 0 fully saturated rings. The average molecular weight is 497 g/mol. The molecule has 0 heterocycles. The van der Waals surface area contributed by atoms with E-state index in [1.165, 1.54) is 26.0 Å². The number of rotatable bonds is 13. The van der Waals surface area contributed by atoms with Gasteiger partial charge in [-0.3, -0.25) is 14.4 Å². The molecule has 35 heavy (non-hydrogen) atoms. The number of aliphatic hydroxyl groups is 2. The predicted molar refractivity (Wildman–Crippen MR) is 126 cm³/mol. The van der Waals surface area contributed by atoms with Crippen LogP contribution < -0.4 is 21.7 Å². The fourth-order valence-electron chi connectivity index (χ4n) is 3.15. The molecule has 0 aliphatic carbocycles. The van der Waals surface area contributed by atoms with Crippen LogP contribution in [0.25, 0.3) is 0 Å². The summed E-state index contributed by atoms with van der Waals surface area (Å²) >= 11 is 0. The highest BCUT2D eigenvalue weighted by molar-refractivity contribution is 5.94. The van der Waals surface area contributed by atoms with Crippen LogP contribution in [-0.2, 0) is 25.6 Å². The highest BCUT2D eigenvalue weighted by Gasteiger charge is 2.34. The molecule has 0 saturated heterocycles. The summed E-state index contributed by atoms with van der Waals surface area (Å²) in [5.74, 6) is -4.11. The molecule has 12 nitrogen and oxygen atoms in total. The van der Waals surface area contributed by atoms with E-state index < -0.39 is 60.1 Å². The fraction of sp³-hybridized carbons (Fsp3) is 0.565. The minimum absolute atomic E-state index is 0.00881. The molecule has 196 valence electrons. The van der Waals surface area contributed by atoms with Crippen LogP contribution in [0.2, 0.25) is 0 Å². The molecule has 0 aromatic heterocycles. The van der Waals surface area contributed by atoms with E-state index in [1.54, 1.807) is 19.1 Å². The van der Waals surface area contributed by atoms with Crippen LogP contribution in [0.1, 0.15) is 39.7 Å². The number of amides is 3. The number of carbonyl (C=O) groups excluding carboxylic acids is 3. The van der Waals surface area contributed by atoms with E-state index in [-0.39, 0.29) is 18.1 Å². The summed E-state index contributed by atoms with van der Waals surface area (Å²) < 4.78 is 0. The first-order valence-electron chi connectivity index (χ1n) is 11.3. The molecule has 0 bridgehead atoms. The molecule has 0 aliphatic heterocycles. The van der Waals surface area contributed by atoms with Crippen molar-refractivity contribution in [2.75, 3.05) is 0 Å². The quantitative estimate of drug-likeness (QED) is 0.161. The van der Waals surface area contributed by atoms with Crippen molar-refractivity contribution in [1.82, 2.24) is 16.0 Å². The number of nitrogens with two attached hydrogens (primary N) is 1. The minimum Gasteiger partial charge on any atom is -0.508 e.